The van der Waals surface area contributed by atoms with E-state index < -0.39 is 17.6 Å². The molecule has 0 aliphatic carbocycles. The molecule has 5 N–H and O–H groups in total. The highest BCUT2D eigenvalue weighted by molar-refractivity contribution is 6.33. The molecule has 2 aromatic carbocycles. The van der Waals surface area contributed by atoms with Crippen LogP contribution in [0, 0.1) is 0 Å². The fraction of sp³-hybridized carbons (Fsp3) is 0.357. The molecular weight excluding hydrogens is 559 g/mol. The molecule has 0 saturated carbocycles. The van der Waals surface area contributed by atoms with Gasteiger partial charge in [-0.2, -0.15) is 18.3 Å². The number of nitrogens with two attached hydrogens (primary N) is 2. The molecule has 0 aromatic heterocycles. The second-order valence-corrected chi connectivity index (χ2v) is 10.5. The van der Waals surface area contributed by atoms with Crippen molar-refractivity contribution in [1.82, 2.24) is 9.91 Å². The number of nitrogens with zero attached hydrogens (tertiary/aromatic N) is 4. The first kappa shape index (κ1) is 30.2. The molecule has 0 bridgehead atoms. The molecule has 220 valence electrons. The van der Waals surface area contributed by atoms with Crippen LogP contribution < -0.4 is 26.6 Å². The van der Waals surface area contributed by atoms with E-state index in [0.29, 0.717) is 23.4 Å². The van der Waals surface area contributed by atoms with Crippen LogP contribution in [-0.4, -0.2) is 55.8 Å². The van der Waals surface area contributed by atoms with Crippen molar-refractivity contribution in [2.75, 3.05) is 44.1 Å². The van der Waals surface area contributed by atoms with E-state index >= 15 is 0 Å². The van der Waals surface area contributed by atoms with Crippen LogP contribution in [0.1, 0.15) is 41.3 Å². The molecule has 41 heavy (non-hydrogen) atoms. The van der Waals surface area contributed by atoms with Crippen molar-refractivity contribution < 1.29 is 22.7 Å². The van der Waals surface area contributed by atoms with Crippen LogP contribution >= 0.6 is 11.6 Å². The number of allylic oxidation sites excluding steroid dienone is 1. The number of halogens is 4. The lowest BCUT2D eigenvalue weighted by Crippen LogP contribution is -2.28. The fourth-order valence-electron chi connectivity index (χ4n) is 4.88. The summed E-state index contributed by atoms with van der Waals surface area (Å²) in [5.41, 5.74) is 8.06. The number of likely N-dealkylation sites (tertiary alicyclic amines) is 1. The Morgan fingerprint density at radius 1 is 1.24 bits per heavy atom. The van der Waals surface area contributed by atoms with Crippen LogP contribution in [0.25, 0.3) is 0 Å². The lowest BCUT2D eigenvalue weighted by Gasteiger charge is -2.23. The number of carbonyl (C=O) groups excluding carboxylic acids is 1. The van der Waals surface area contributed by atoms with Gasteiger partial charge in [0.25, 0.3) is 5.91 Å². The highest BCUT2D eigenvalue weighted by atomic mass is 35.5. The third-order valence-electron chi connectivity index (χ3n) is 6.92. The Morgan fingerprint density at radius 2 is 1.95 bits per heavy atom. The lowest BCUT2D eigenvalue weighted by atomic mass is 10.1. The van der Waals surface area contributed by atoms with Gasteiger partial charge >= 0.3 is 6.18 Å². The molecule has 1 amide bonds. The highest BCUT2D eigenvalue weighted by Gasteiger charge is 2.33. The second kappa shape index (κ2) is 12.4. The number of hydrazine groups is 1. The quantitative estimate of drug-likeness (QED) is 0.294. The summed E-state index contributed by atoms with van der Waals surface area (Å²) < 4.78 is 46.9. The Balaban J connectivity index is 1.63. The monoisotopic (exact) mass is 591 g/mol. The summed E-state index contributed by atoms with van der Waals surface area (Å²) in [4.78, 5) is 15.4. The average Bonchev–Trinajstić information content (AvgIpc) is 3.41. The third-order valence-corrected chi connectivity index (χ3v) is 7.24. The number of likely N-dealkylation sites (N-methyl/N-ethyl adjacent to an activating group) is 1. The molecule has 2 aliphatic rings. The van der Waals surface area contributed by atoms with Crippen LogP contribution in [0.3, 0.4) is 0 Å². The molecule has 0 atom stereocenters. The maximum absolute atomic E-state index is 13.8. The summed E-state index contributed by atoms with van der Waals surface area (Å²) in [6.07, 6.45) is 0.428. The van der Waals surface area contributed by atoms with Gasteiger partial charge in [-0.05, 0) is 68.8 Å². The molecular formula is C28H33ClF3N7O2. The summed E-state index contributed by atoms with van der Waals surface area (Å²) in [6.45, 7) is 4.36. The van der Waals surface area contributed by atoms with E-state index in [0.717, 1.165) is 43.6 Å². The molecule has 13 heteroatoms. The second-order valence-electron chi connectivity index (χ2n) is 10.1. The van der Waals surface area contributed by atoms with Gasteiger partial charge in [-0.15, -0.1) is 0 Å². The molecule has 4 rings (SSSR count). The Labute approximate surface area is 241 Å². The minimum Gasteiger partial charge on any atom is -0.494 e. The Hall–Kier alpha value is -3.74. The van der Waals surface area contributed by atoms with Crippen molar-refractivity contribution >= 4 is 35.1 Å². The van der Waals surface area contributed by atoms with Crippen LogP contribution in [0.2, 0.25) is 5.02 Å². The van der Waals surface area contributed by atoms with Crippen molar-refractivity contribution in [3.63, 3.8) is 0 Å². The first-order valence-corrected chi connectivity index (χ1v) is 13.3. The highest BCUT2D eigenvalue weighted by Crippen LogP contribution is 2.39. The van der Waals surface area contributed by atoms with Gasteiger partial charge in [-0.1, -0.05) is 11.6 Å². The van der Waals surface area contributed by atoms with Crippen LogP contribution in [0.4, 0.5) is 24.5 Å². The van der Waals surface area contributed by atoms with E-state index in [9.17, 15) is 18.0 Å². The van der Waals surface area contributed by atoms with E-state index in [-0.39, 0.29) is 34.3 Å². The number of hydrogen-bond donors (Lipinski definition) is 3. The van der Waals surface area contributed by atoms with Gasteiger partial charge in [-0.25, -0.2) is 5.84 Å². The number of nitrogens with one attached hydrogen (secondary N) is 1. The molecule has 0 spiro atoms. The maximum atomic E-state index is 13.8. The SMILES string of the molecule is COc1c(CN2CCCC2)cc(C(F)(F)F)cc1NC(=O)c1ccc(Cl)c(N(N)/C=C(\N)C2=C(C)CN(C)N=C2)c1. The van der Waals surface area contributed by atoms with Gasteiger partial charge in [0.05, 0.1) is 47.5 Å². The zero-order chi connectivity index (χ0) is 29.9. The summed E-state index contributed by atoms with van der Waals surface area (Å²) in [5.74, 6) is 5.75. The number of anilines is 2. The van der Waals surface area contributed by atoms with Gasteiger partial charge in [-0.3, -0.25) is 19.7 Å². The zero-order valence-corrected chi connectivity index (χ0v) is 23.8. The average molecular weight is 592 g/mol. The fourth-order valence-corrected chi connectivity index (χ4v) is 5.09. The largest absolute Gasteiger partial charge is 0.494 e. The molecule has 2 heterocycles. The van der Waals surface area contributed by atoms with Crippen molar-refractivity contribution in [1.29, 1.82) is 0 Å². The van der Waals surface area contributed by atoms with Crippen molar-refractivity contribution in [2.45, 2.75) is 32.5 Å². The lowest BCUT2D eigenvalue weighted by molar-refractivity contribution is -0.137. The molecule has 1 fully saturated rings. The number of hydrogen-bond acceptors (Lipinski definition) is 8. The number of benzene rings is 2. The van der Waals surface area contributed by atoms with Gasteiger partial charge in [0, 0.05) is 36.5 Å². The van der Waals surface area contributed by atoms with Gasteiger partial charge in [0.15, 0.2) is 0 Å². The van der Waals surface area contributed by atoms with E-state index in [1.807, 2.05) is 14.0 Å². The Morgan fingerprint density at radius 3 is 2.59 bits per heavy atom. The van der Waals surface area contributed by atoms with Gasteiger partial charge in [0.1, 0.15) is 5.75 Å². The number of methoxy groups -OCH3 is 1. The summed E-state index contributed by atoms with van der Waals surface area (Å²) >= 11 is 6.38. The molecule has 1 saturated heterocycles. The predicted octanol–water partition coefficient (Wildman–Crippen LogP) is 4.94. The summed E-state index contributed by atoms with van der Waals surface area (Å²) in [7, 11) is 3.20. The van der Waals surface area contributed by atoms with E-state index in [1.54, 1.807) is 11.2 Å². The standard InChI is InChI=1S/C28H33ClF3N7O2/c1-17-14-37(2)35-13-21(17)23(33)16-39(34)25-11-18(6-7-22(25)29)27(40)36-24-12-20(28(30,31)32)10-19(26(24)41-3)15-38-8-4-5-9-38/h6-7,10-13,16H,4-5,8-9,14-15,33-34H2,1-3H3,(H,36,40)/b23-16-. The van der Waals surface area contributed by atoms with Crippen molar-refractivity contribution in [3.05, 3.63) is 75.1 Å². The van der Waals surface area contributed by atoms with E-state index in [2.05, 4.69) is 15.3 Å². The summed E-state index contributed by atoms with van der Waals surface area (Å²) in [6, 6.07) is 6.29. The number of rotatable bonds is 8. The maximum Gasteiger partial charge on any atom is 0.416 e. The first-order chi connectivity index (χ1) is 19.4. The van der Waals surface area contributed by atoms with Crippen LogP contribution in [0.15, 0.2) is 58.5 Å². The van der Waals surface area contributed by atoms with Gasteiger partial charge < -0.3 is 15.8 Å². The number of alkyl halides is 3. The molecule has 2 aromatic rings. The number of amides is 1. The Bertz CT molecular complexity index is 1400. The third kappa shape index (κ3) is 7.13. The number of ether oxygens (including phenoxy) is 1. The van der Waals surface area contributed by atoms with Crippen LogP contribution in [-0.2, 0) is 12.7 Å². The van der Waals surface area contributed by atoms with E-state index in [1.165, 1.54) is 36.5 Å². The summed E-state index contributed by atoms with van der Waals surface area (Å²) in [5, 5.41) is 10.0. The smallest absolute Gasteiger partial charge is 0.416 e. The molecule has 9 nitrogen and oxygen atoms in total. The Kier molecular flexibility index (Phi) is 9.15. The molecule has 0 radical (unpaired) electrons. The number of hydrazone groups is 1. The predicted molar refractivity (Wildman–Crippen MR) is 155 cm³/mol. The van der Waals surface area contributed by atoms with Crippen molar-refractivity contribution in [2.24, 2.45) is 16.7 Å². The molecule has 0 unspecified atom stereocenters. The van der Waals surface area contributed by atoms with E-state index in [4.69, 9.17) is 27.9 Å². The van der Waals surface area contributed by atoms with Gasteiger partial charge in [0.2, 0.25) is 0 Å². The minimum atomic E-state index is -4.61. The number of carbonyl (C=O) groups is 1. The minimum absolute atomic E-state index is 0.0873. The van der Waals surface area contributed by atoms with Crippen molar-refractivity contribution in [3.8, 4) is 5.75 Å². The normalized spacial score (nSPS) is 16.4. The first-order valence-electron chi connectivity index (χ1n) is 12.9. The molecule has 2 aliphatic heterocycles. The zero-order valence-electron chi connectivity index (χ0n) is 23.1. The topological polar surface area (TPSA) is 112 Å². The van der Waals surface area contributed by atoms with Crippen LogP contribution in [0.5, 0.6) is 5.75 Å².